The maximum absolute atomic E-state index is 3.51. The van der Waals surface area contributed by atoms with Crippen LogP contribution in [0.1, 0.15) is 16.5 Å². The molecule has 1 aromatic carbocycles. The number of hydrogen-bond acceptors (Lipinski definition) is 2. The molecule has 1 saturated heterocycles. The van der Waals surface area contributed by atoms with Gasteiger partial charge in [0.15, 0.2) is 0 Å². The predicted molar refractivity (Wildman–Crippen MR) is 62.1 cm³/mol. The zero-order valence-electron chi connectivity index (χ0n) is 7.51. The van der Waals surface area contributed by atoms with E-state index in [-0.39, 0.29) is 0 Å². The molecular weight excluding hydrogens is 246 g/mol. The molecule has 0 aromatic heterocycles. The third kappa shape index (κ3) is 2.09. The Morgan fingerprint density at radius 3 is 3.00 bits per heavy atom. The number of rotatable bonds is 1. The molecule has 13 heavy (non-hydrogen) atoms. The number of nitrogens with one attached hydrogen (secondary N) is 1. The highest BCUT2D eigenvalue weighted by atomic mass is 79.9. The topological polar surface area (TPSA) is 12.0 Å². The minimum absolute atomic E-state index is 0.506. The van der Waals surface area contributed by atoms with Gasteiger partial charge in [-0.05, 0) is 24.1 Å². The van der Waals surface area contributed by atoms with Gasteiger partial charge < -0.3 is 5.32 Å². The van der Waals surface area contributed by atoms with E-state index in [9.17, 15) is 0 Å². The largest absolute Gasteiger partial charge is 0.301 e. The van der Waals surface area contributed by atoms with Gasteiger partial charge in [0.05, 0.1) is 5.37 Å². The van der Waals surface area contributed by atoms with E-state index in [2.05, 4.69) is 46.4 Å². The quantitative estimate of drug-likeness (QED) is 0.830. The Morgan fingerprint density at radius 1 is 1.54 bits per heavy atom. The Hall–Kier alpha value is 0.01000. The van der Waals surface area contributed by atoms with Crippen LogP contribution in [0.15, 0.2) is 22.7 Å². The molecule has 0 radical (unpaired) electrons. The van der Waals surface area contributed by atoms with Crippen molar-refractivity contribution in [3.05, 3.63) is 33.8 Å². The van der Waals surface area contributed by atoms with Crippen molar-refractivity contribution in [2.45, 2.75) is 12.3 Å². The summed E-state index contributed by atoms with van der Waals surface area (Å²) in [4.78, 5) is 0. The predicted octanol–water partition coefficient (Wildman–Crippen LogP) is 3.09. The van der Waals surface area contributed by atoms with Crippen molar-refractivity contribution in [1.29, 1.82) is 0 Å². The zero-order chi connectivity index (χ0) is 9.26. The van der Waals surface area contributed by atoms with Gasteiger partial charge >= 0.3 is 0 Å². The van der Waals surface area contributed by atoms with Crippen molar-refractivity contribution in [1.82, 2.24) is 5.32 Å². The lowest BCUT2D eigenvalue weighted by Gasteiger charge is -2.10. The molecule has 1 heterocycles. The van der Waals surface area contributed by atoms with Crippen molar-refractivity contribution in [2.75, 3.05) is 12.3 Å². The third-order valence-corrected chi connectivity index (χ3v) is 4.30. The Balaban J connectivity index is 2.25. The first-order chi connectivity index (χ1) is 6.27. The first-order valence-electron chi connectivity index (χ1n) is 4.38. The average Bonchev–Trinajstić information content (AvgIpc) is 2.62. The van der Waals surface area contributed by atoms with Crippen molar-refractivity contribution in [2.24, 2.45) is 0 Å². The van der Waals surface area contributed by atoms with Crippen LogP contribution >= 0.6 is 27.7 Å². The second kappa shape index (κ2) is 4.03. The third-order valence-electron chi connectivity index (χ3n) is 2.20. The summed E-state index contributed by atoms with van der Waals surface area (Å²) in [7, 11) is 0. The summed E-state index contributed by atoms with van der Waals surface area (Å²) in [6, 6.07) is 6.57. The average molecular weight is 258 g/mol. The normalized spacial score (nSPS) is 22.2. The summed E-state index contributed by atoms with van der Waals surface area (Å²) in [5, 5.41) is 3.97. The van der Waals surface area contributed by atoms with Gasteiger partial charge in [-0.3, -0.25) is 0 Å². The Morgan fingerprint density at radius 2 is 2.38 bits per heavy atom. The first kappa shape index (κ1) is 9.56. The van der Waals surface area contributed by atoms with E-state index in [1.54, 1.807) is 0 Å². The van der Waals surface area contributed by atoms with E-state index in [0.717, 1.165) is 6.54 Å². The zero-order valence-corrected chi connectivity index (χ0v) is 9.91. The summed E-state index contributed by atoms with van der Waals surface area (Å²) < 4.78 is 1.19. The van der Waals surface area contributed by atoms with Gasteiger partial charge in [-0.2, -0.15) is 0 Å². The molecule has 0 aliphatic carbocycles. The molecule has 2 rings (SSSR count). The summed E-state index contributed by atoms with van der Waals surface area (Å²) in [5.41, 5.74) is 2.70. The fourth-order valence-electron chi connectivity index (χ4n) is 1.47. The van der Waals surface area contributed by atoms with Gasteiger partial charge in [0.25, 0.3) is 0 Å². The van der Waals surface area contributed by atoms with E-state index >= 15 is 0 Å². The molecule has 0 spiro atoms. The number of thioether (sulfide) groups is 1. The van der Waals surface area contributed by atoms with Crippen LogP contribution in [0.4, 0.5) is 0 Å². The van der Waals surface area contributed by atoms with E-state index in [4.69, 9.17) is 0 Å². The van der Waals surface area contributed by atoms with Crippen molar-refractivity contribution in [3.63, 3.8) is 0 Å². The number of halogens is 1. The van der Waals surface area contributed by atoms with Crippen LogP contribution < -0.4 is 5.32 Å². The molecule has 3 heteroatoms. The van der Waals surface area contributed by atoms with Crippen molar-refractivity contribution < 1.29 is 0 Å². The molecule has 1 aliphatic heterocycles. The molecule has 1 aromatic rings. The molecule has 1 unspecified atom stereocenters. The minimum Gasteiger partial charge on any atom is -0.301 e. The summed E-state index contributed by atoms with van der Waals surface area (Å²) >= 11 is 5.49. The molecular formula is C10H12BrNS. The first-order valence-corrected chi connectivity index (χ1v) is 6.22. The molecule has 1 fully saturated rings. The molecule has 0 saturated carbocycles. The maximum atomic E-state index is 3.51. The molecule has 1 N–H and O–H groups in total. The van der Waals surface area contributed by atoms with E-state index in [1.165, 1.54) is 21.4 Å². The standard InChI is InChI=1S/C10H12BrNS/c1-7-6-8(2-3-9(7)11)10-12-4-5-13-10/h2-3,6,10,12H,4-5H2,1H3. The second-order valence-electron chi connectivity index (χ2n) is 3.21. The smallest absolute Gasteiger partial charge is 0.0790 e. The molecule has 1 aliphatic rings. The van der Waals surface area contributed by atoms with Crippen LogP contribution in [0.3, 0.4) is 0 Å². The van der Waals surface area contributed by atoms with Gasteiger partial charge in [0, 0.05) is 16.8 Å². The lowest BCUT2D eigenvalue weighted by Crippen LogP contribution is -2.11. The van der Waals surface area contributed by atoms with E-state index < -0.39 is 0 Å². The highest BCUT2D eigenvalue weighted by molar-refractivity contribution is 9.10. The molecule has 1 atom stereocenters. The minimum atomic E-state index is 0.506. The van der Waals surface area contributed by atoms with Crippen molar-refractivity contribution in [3.8, 4) is 0 Å². The highest BCUT2D eigenvalue weighted by Crippen LogP contribution is 2.31. The molecule has 0 bridgehead atoms. The van der Waals surface area contributed by atoms with Crippen LogP contribution in [0.5, 0.6) is 0 Å². The summed E-state index contributed by atoms with van der Waals surface area (Å²) in [5.74, 6) is 1.22. The SMILES string of the molecule is Cc1cc(C2NCCS2)ccc1Br. The lowest BCUT2D eigenvalue weighted by atomic mass is 10.1. The highest BCUT2D eigenvalue weighted by Gasteiger charge is 2.16. The molecule has 0 amide bonds. The fourth-order valence-corrected chi connectivity index (χ4v) is 2.76. The van der Waals surface area contributed by atoms with Gasteiger partial charge in [-0.1, -0.05) is 28.1 Å². The van der Waals surface area contributed by atoms with Gasteiger partial charge in [0.2, 0.25) is 0 Å². The monoisotopic (exact) mass is 257 g/mol. The maximum Gasteiger partial charge on any atom is 0.0790 e. The number of aryl methyl sites for hydroxylation is 1. The van der Waals surface area contributed by atoms with Crippen LogP contribution in [0.25, 0.3) is 0 Å². The van der Waals surface area contributed by atoms with Crippen LogP contribution in [0.2, 0.25) is 0 Å². The summed E-state index contributed by atoms with van der Waals surface area (Å²) in [6.07, 6.45) is 0. The van der Waals surface area contributed by atoms with Gasteiger partial charge in [-0.25, -0.2) is 0 Å². The number of benzene rings is 1. The lowest BCUT2D eigenvalue weighted by molar-refractivity contribution is 0.750. The second-order valence-corrected chi connectivity index (χ2v) is 5.28. The molecule has 70 valence electrons. The van der Waals surface area contributed by atoms with Crippen molar-refractivity contribution >= 4 is 27.7 Å². The van der Waals surface area contributed by atoms with Crippen LogP contribution in [0, 0.1) is 6.92 Å². The van der Waals surface area contributed by atoms with Crippen LogP contribution in [-0.2, 0) is 0 Å². The van der Waals surface area contributed by atoms with Gasteiger partial charge in [0.1, 0.15) is 0 Å². The van der Waals surface area contributed by atoms with Crippen LogP contribution in [-0.4, -0.2) is 12.3 Å². The Kier molecular flexibility index (Phi) is 2.96. The summed E-state index contributed by atoms with van der Waals surface area (Å²) in [6.45, 7) is 3.26. The molecule has 1 nitrogen and oxygen atoms in total. The Bertz CT molecular complexity index is 308. The number of hydrogen-bond donors (Lipinski definition) is 1. The van der Waals surface area contributed by atoms with E-state index in [0.29, 0.717) is 5.37 Å². The van der Waals surface area contributed by atoms with Gasteiger partial charge in [-0.15, -0.1) is 11.8 Å². The fraction of sp³-hybridized carbons (Fsp3) is 0.400. The van der Waals surface area contributed by atoms with E-state index in [1.807, 2.05) is 11.8 Å². The Labute approximate surface area is 91.4 Å².